The second-order valence-corrected chi connectivity index (χ2v) is 4.49. The molecular weight excluding hydrogens is 326 g/mol. The molecule has 0 fully saturated rings. The standard InChI is InChI=1S/C15H8F6O2/c16-14(17,18)11-4-5-13(10(6-11)8-22)9-2-1-3-12(7-9)23-15(19,20)21/h1-8H. The summed E-state index contributed by atoms with van der Waals surface area (Å²) in [4.78, 5) is 11.0. The SMILES string of the molecule is O=Cc1cc(C(F)(F)F)ccc1-c1cccc(OC(F)(F)F)c1. The fraction of sp³-hybridized carbons (Fsp3) is 0.133. The first-order chi connectivity index (χ1) is 10.6. The molecule has 0 bridgehead atoms. The van der Waals surface area contributed by atoms with E-state index in [1.807, 2.05) is 0 Å². The van der Waals surface area contributed by atoms with Gasteiger partial charge in [-0.25, -0.2) is 0 Å². The number of rotatable bonds is 3. The van der Waals surface area contributed by atoms with Crippen molar-refractivity contribution in [3.63, 3.8) is 0 Å². The first-order valence-corrected chi connectivity index (χ1v) is 6.13. The van der Waals surface area contributed by atoms with Crippen molar-refractivity contribution in [1.82, 2.24) is 0 Å². The molecule has 2 aromatic rings. The lowest BCUT2D eigenvalue weighted by molar-refractivity contribution is -0.274. The van der Waals surface area contributed by atoms with E-state index in [2.05, 4.69) is 4.74 Å². The predicted molar refractivity (Wildman–Crippen MR) is 69.0 cm³/mol. The van der Waals surface area contributed by atoms with E-state index in [4.69, 9.17) is 0 Å². The number of alkyl halides is 6. The minimum absolute atomic E-state index is 0.0700. The van der Waals surface area contributed by atoms with Crippen LogP contribution in [0.4, 0.5) is 26.3 Å². The van der Waals surface area contributed by atoms with Crippen molar-refractivity contribution in [1.29, 1.82) is 0 Å². The molecule has 0 aliphatic heterocycles. The van der Waals surface area contributed by atoms with Gasteiger partial charge in [0.25, 0.3) is 0 Å². The molecule has 0 spiro atoms. The number of carbonyl (C=O) groups is 1. The van der Waals surface area contributed by atoms with Crippen LogP contribution in [0.2, 0.25) is 0 Å². The van der Waals surface area contributed by atoms with Crippen molar-refractivity contribution in [2.75, 3.05) is 0 Å². The number of ether oxygens (including phenoxy) is 1. The highest BCUT2D eigenvalue weighted by atomic mass is 19.4. The average Bonchev–Trinajstić information content (AvgIpc) is 2.44. The Morgan fingerprint density at radius 3 is 2.17 bits per heavy atom. The van der Waals surface area contributed by atoms with Gasteiger partial charge in [-0.15, -0.1) is 13.2 Å². The number of hydrogen-bond donors (Lipinski definition) is 0. The number of benzene rings is 2. The van der Waals surface area contributed by atoms with E-state index >= 15 is 0 Å². The normalized spacial score (nSPS) is 12.1. The molecule has 0 aromatic heterocycles. The smallest absolute Gasteiger partial charge is 0.406 e. The summed E-state index contributed by atoms with van der Waals surface area (Å²) in [7, 11) is 0. The van der Waals surface area contributed by atoms with Crippen molar-refractivity contribution >= 4 is 6.29 Å². The van der Waals surface area contributed by atoms with Gasteiger partial charge in [0.2, 0.25) is 0 Å². The van der Waals surface area contributed by atoms with Crippen LogP contribution in [0.25, 0.3) is 11.1 Å². The Morgan fingerprint density at radius 2 is 1.61 bits per heavy atom. The van der Waals surface area contributed by atoms with Crippen LogP contribution in [0.15, 0.2) is 42.5 Å². The Balaban J connectivity index is 2.46. The minimum Gasteiger partial charge on any atom is -0.406 e. The van der Waals surface area contributed by atoms with Gasteiger partial charge in [0, 0.05) is 5.56 Å². The molecule has 0 saturated carbocycles. The average molecular weight is 334 g/mol. The fourth-order valence-electron chi connectivity index (χ4n) is 1.96. The molecule has 2 aromatic carbocycles. The van der Waals surface area contributed by atoms with E-state index in [9.17, 15) is 31.1 Å². The van der Waals surface area contributed by atoms with E-state index in [1.54, 1.807) is 0 Å². The molecule has 8 heteroatoms. The van der Waals surface area contributed by atoms with Gasteiger partial charge < -0.3 is 4.74 Å². The van der Waals surface area contributed by atoms with Crippen LogP contribution in [0.1, 0.15) is 15.9 Å². The molecule has 23 heavy (non-hydrogen) atoms. The third-order valence-corrected chi connectivity index (χ3v) is 2.88. The van der Waals surface area contributed by atoms with Crippen LogP contribution in [-0.4, -0.2) is 12.6 Å². The maximum Gasteiger partial charge on any atom is 0.573 e. The summed E-state index contributed by atoms with van der Waals surface area (Å²) in [6, 6.07) is 7.05. The predicted octanol–water partition coefficient (Wildman–Crippen LogP) is 5.08. The van der Waals surface area contributed by atoms with Crippen molar-refractivity contribution in [3.05, 3.63) is 53.6 Å². The Bertz CT molecular complexity index is 719. The van der Waals surface area contributed by atoms with Gasteiger partial charge in [0.15, 0.2) is 6.29 Å². The van der Waals surface area contributed by atoms with E-state index in [1.165, 1.54) is 12.1 Å². The lowest BCUT2D eigenvalue weighted by Crippen LogP contribution is -2.17. The summed E-state index contributed by atoms with van der Waals surface area (Å²) < 4.78 is 78.2. The van der Waals surface area contributed by atoms with E-state index < -0.39 is 23.9 Å². The van der Waals surface area contributed by atoms with Crippen molar-refractivity contribution < 1.29 is 35.9 Å². The van der Waals surface area contributed by atoms with Crippen LogP contribution in [-0.2, 0) is 6.18 Å². The first-order valence-electron chi connectivity index (χ1n) is 6.13. The zero-order chi connectivity index (χ0) is 17.3. The van der Waals surface area contributed by atoms with Gasteiger partial charge in [0.1, 0.15) is 5.75 Å². The zero-order valence-corrected chi connectivity index (χ0v) is 11.2. The van der Waals surface area contributed by atoms with Gasteiger partial charge in [-0.1, -0.05) is 18.2 Å². The first kappa shape index (κ1) is 16.9. The van der Waals surface area contributed by atoms with Gasteiger partial charge in [-0.3, -0.25) is 4.79 Å². The van der Waals surface area contributed by atoms with Gasteiger partial charge >= 0.3 is 12.5 Å². The number of aldehydes is 1. The molecule has 0 aliphatic carbocycles. The molecule has 2 nitrogen and oxygen atoms in total. The summed E-state index contributed by atoms with van der Waals surface area (Å²) >= 11 is 0. The summed E-state index contributed by atoms with van der Waals surface area (Å²) in [6.45, 7) is 0. The van der Waals surface area contributed by atoms with Gasteiger partial charge in [-0.2, -0.15) is 13.2 Å². The molecular formula is C15H8F6O2. The molecule has 0 N–H and O–H groups in total. The van der Waals surface area contributed by atoms with Crippen molar-refractivity contribution in [3.8, 4) is 16.9 Å². The van der Waals surface area contributed by atoms with Crippen LogP contribution in [0.5, 0.6) is 5.75 Å². The Morgan fingerprint density at radius 1 is 0.913 bits per heavy atom. The van der Waals surface area contributed by atoms with Crippen LogP contribution >= 0.6 is 0 Å². The molecule has 0 atom stereocenters. The minimum atomic E-state index is -4.90. The highest BCUT2D eigenvalue weighted by Gasteiger charge is 2.32. The summed E-state index contributed by atoms with van der Waals surface area (Å²) in [5.74, 6) is -0.535. The van der Waals surface area contributed by atoms with Crippen LogP contribution < -0.4 is 4.74 Å². The maximum absolute atomic E-state index is 12.6. The van der Waals surface area contributed by atoms with E-state index in [-0.39, 0.29) is 23.0 Å². The monoisotopic (exact) mass is 334 g/mol. The molecule has 0 radical (unpaired) electrons. The molecule has 0 heterocycles. The lowest BCUT2D eigenvalue weighted by atomic mass is 9.98. The fourth-order valence-corrected chi connectivity index (χ4v) is 1.96. The number of hydrogen-bond acceptors (Lipinski definition) is 2. The number of carbonyl (C=O) groups excluding carboxylic acids is 1. The van der Waals surface area contributed by atoms with Gasteiger partial charge in [0.05, 0.1) is 5.56 Å². The summed E-state index contributed by atoms with van der Waals surface area (Å²) in [5.41, 5.74) is -1.11. The zero-order valence-electron chi connectivity index (χ0n) is 11.2. The second-order valence-electron chi connectivity index (χ2n) is 4.49. The highest BCUT2D eigenvalue weighted by molar-refractivity contribution is 5.88. The molecule has 0 saturated heterocycles. The third-order valence-electron chi connectivity index (χ3n) is 2.88. The van der Waals surface area contributed by atoms with E-state index in [0.717, 1.165) is 24.3 Å². The Hall–Kier alpha value is -2.51. The van der Waals surface area contributed by atoms with Crippen LogP contribution in [0, 0.1) is 0 Å². The molecule has 0 aliphatic rings. The summed E-state index contributed by atoms with van der Waals surface area (Å²) in [6.07, 6.45) is -9.31. The lowest BCUT2D eigenvalue weighted by Gasteiger charge is -2.13. The third kappa shape index (κ3) is 4.24. The largest absolute Gasteiger partial charge is 0.573 e. The number of halogens is 6. The van der Waals surface area contributed by atoms with Crippen LogP contribution in [0.3, 0.4) is 0 Å². The molecule has 0 unspecified atom stereocenters. The van der Waals surface area contributed by atoms with E-state index in [0.29, 0.717) is 6.07 Å². The molecule has 0 amide bonds. The summed E-state index contributed by atoms with van der Waals surface area (Å²) in [5, 5.41) is 0. The topological polar surface area (TPSA) is 26.3 Å². The van der Waals surface area contributed by atoms with Crippen molar-refractivity contribution in [2.24, 2.45) is 0 Å². The molecule has 2 rings (SSSR count). The van der Waals surface area contributed by atoms with Gasteiger partial charge in [-0.05, 0) is 35.4 Å². The highest BCUT2D eigenvalue weighted by Crippen LogP contribution is 2.34. The molecule has 122 valence electrons. The quantitative estimate of drug-likeness (QED) is 0.578. The Kier molecular flexibility index (Phi) is 4.35. The van der Waals surface area contributed by atoms with Crippen molar-refractivity contribution in [2.45, 2.75) is 12.5 Å². The second kappa shape index (κ2) is 5.94. The maximum atomic E-state index is 12.6. The Labute approximate surface area is 126 Å².